The van der Waals surface area contributed by atoms with E-state index in [1.165, 1.54) is 12.1 Å². The monoisotopic (exact) mass is 666 g/mol. The van der Waals surface area contributed by atoms with E-state index >= 15 is 0 Å². The molecule has 2 aliphatic carbocycles. The van der Waals surface area contributed by atoms with Crippen LogP contribution in [0.4, 0.5) is 13.2 Å². The van der Waals surface area contributed by atoms with Gasteiger partial charge in [0.05, 0.1) is 24.3 Å². The van der Waals surface area contributed by atoms with Crippen LogP contribution >= 0.6 is 0 Å². The highest BCUT2D eigenvalue weighted by Gasteiger charge is 2.42. The number of ether oxygens (including phenoxy) is 5. The minimum atomic E-state index is -4.83. The lowest BCUT2D eigenvalue weighted by atomic mass is 9.90. The maximum absolute atomic E-state index is 13.1. The number of esters is 3. The molecule has 0 spiro atoms. The van der Waals surface area contributed by atoms with Gasteiger partial charge in [-0.25, -0.2) is 14.4 Å². The van der Waals surface area contributed by atoms with Gasteiger partial charge >= 0.3 is 24.3 Å². The van der Waals surface area contributed by atoms with Crippen LogP contribution in [0.2, 0.25) is 0 Å². The van der Waals surface area contributed by atoms with Crippen LogP contribution in [0.3, 0.4) is 0 Å². The molecule has 0 aliphatic heterocycles. The lowest BCUT2D eigenvalue weighted by molar-refractivity contribution is -0.274. The fraction of sp³-hybridized carbons (Fsp3) is 0.378. The largest absolute Gasteiger partial charge is 0.573 e. The Morgan fingerprint density at radius 1 is 0.688 bits per heavy atom. The standard InChI is InChI=1S/C37H37F3O8/c1-2-32(41)45-22-8-6-4-3-5-7-21-44-28-15-11-24(12-16-28)35(42)46-30-19-20-31(34-27-10-9-26(23-27)33(30)34)47-36(43)25-13-17-29(18-14-25)48-37(38,39)40/h2,11-20,26-27H,1,3-10,21-23H2. The van der Waals surface area contributed by atoms with Crippen molar-refractivity contribution in [1.29, 1.82) is 0 Å². The van der Waals surface area contributed by atoms with Gasteiger partial charge in [-0.2, -0.15) is 0 Å². The summed E-state index contributed by atoms with van der Waals surface area (Å²) in [7, 11) is 0. The molecular weight excluding hydrogens is 629 g/mol. The summed E-state index contributed by atoms with van der Waals surface area (Å²) in [4.78, 5) is 37.0. The highest BCUT2D eigenvalue weighted by Crippen LogP contribution is 2.58. The summed E-state index contributed by atoms with van der Waals surface area (Å²) in [6.07, 6.45) is 4.91. The molecule has 3 aromatic carbocycles. The van der Waals surface area contributed by atoms with E-state index in [9.17, 15) is 27.6 Å². The minimum Gasteiger partial charge on any atom is -0.494 e. The molecule has 2 unspecified atom stereocenters. The Kier molecular flexibility index (Phi) is 11.4. The van der Waals surface area contributed by atoms with Crippen LogP contribution in [0.1, 0.15) is 101 Å². The SMILES string of the molecule is C=CC(=O)OCCCCCCCCOc1ccc(C(=O)Oc2ccc(OC(=O)c3ccc(OC(F)(F)F)cc3)c3c2C2CCC3C2)cc1. The molecule has 0 saturated heterocycles. The van der Waals surface area contributed by atoms with Gasteiger partial charge in [-0.15, -0.1) is 13.2 Å². The average molecular weight is 667 g/mol. The Labute approximate surface area is 276 Å². The van der Waals surface area contributed by atoms with Gasteiger partial charge in [0.1, 0.15) is 23.0 Å². The summed E-state index contributed by atoms with van der Waals surface area (Å²) in [6, 6.07) is 14.5. The molecule has 2 aliphatic rings. The van der Waals surface area contributed by atoms with Crippen LogP contribution < -0.4 is 18.9 Å². The molecule has 0 radical (unpaired) electrons. The van der Waals surface area contributed by atoms with Crippen molar-refractivity contribution in [2.75, 3.05) is 13.2 Å². The highest BCUT2D eigenvalue weighted by molar-refractivity contribution is 5.92. The Balaban J connectivity index is 1.11. The van der Waals surface area contributed by atoms with Gasteiger partial charge in [0.25, 0.3) is 0 Å². The first kappa shape index (κ1) is 34.5. The first-order valence-electron chi connectivity index (χ1n) is 16.1. The van der Waals surface area contributed by atoms with Crippen molar-refractivity contribution in [3.05, 3.63) is 95.6 Å². The van der Waals surface area contributed by atoms with Crippen LogP contribution in [0.25, 0.3) is 0 Å². The van der Waals surface area contributed by atoms with Gasteiger partial charge in [0, 0.05) is 17.2 Å². The molecule has 2 bridgehead atoms. The Bertz CT molecular complexity index is 1600. The molecule has 8 nitrogen and oxygen atoms in total. The van der Waals surface area contributed by atoms with Crippen molar-refractivity contribution < 1.29 is 51.2 Å². The summed E-state index contributed by atoms with van der Waals surface area (Å²) >= 11 is 0. The van der Waals surface area contributed by atoms with Gasteiger partial charge < -0.3 is 23.7 Å². The number of halogens is 3. The lowest BCUT2D eigenvalue weighted by Crippen LogP contribution is -2.17. The molecule has 11 heteroatoms. The zero-order valence-electron chi connectivity index (χ0n) is 26.4. The Morgan fingerprint density at radius 2 is 1.17 bits per heavy atom. The van der Waals surface area contributed by atoms with Gasteiger partial charge in [0.2, 0.25) is 0 Å². The number of hydrogen-bond acceptors (Lipinski definition) is 8. The molecule has 1 saturated carbocycles. The molecule has 2 atom stereocenters. The van der Waals surface area contributed by atoms with Crippen molar-refractivity contribution in [3.8, 4) is 23.0 Å². The van der Waals surface area contributed by atoms with Crippen molar-refractivity contribution in [2.24, 2.45) is 0 Å². The maximum atomic E-state index is 13.1. The number of hydrogen-bond donors (Lipinski definition) is 0. The molecule has 254 valence electrons. The first-order valence-corrected chi connectivity index (χ1v) is 16.1. The number of unbranched alkanes of at least 4 members (excludes halogenated alkanes) is 5. The summed E-state index contributed by atoms with van der Waals surface area (Å²) in [5.41, 5.74) is 2.13. The maximum Gasteiger partial charge on any atom is 0.573 e. The second-order valence-electron chi connectivity index (χ2n) is 11.8. The highest BCUT2D eigenvalue weighted by atomic mass is 19.4. The topological polar surface area (TPSA) is 97.4 Å². The third-order valence-electron chi connectivity index (χ3n) is 8.49. The van der Waals surface area contributed by atoms with E-state index in [4.69, 9.17) is 18.9 Å². The second kappa shape index (κ2) is 15.9. The summed E-state index contributed by atoms with van der Waals surface area (Å²) in [6.45, 7) is 4.34. The predicted molar refractivity (Wildman–Crippen MR) is 170 cm³/mol. The number of fused-ring (bicyclic) bond motifs is 5. The predicted octanol–water partition coefficient (Wildman–Crippen LogP) is 8.84. The minimum absolute atomic E-state index is 0.0711. The molecule has 48 heavy (non-hydrogen) atoms. The number of carbonyl (C=O) groups excluding carboxylic acids is 3. The van der Waals surface area contributed by atoms with Crippen molar-refractivity contribution in [1.82, 2.24) is 0 Å². The van der Waals surface area contributed by atoms with Crippen molar-refractivity contribution >= 4 is 17.9 Å². The smallest absolute Gasteiger partial charge is 0.494 e. The number of benzene rings is 3. The average Bonchev–Trinajstić information content (AvgIpc) is 3.70. The molecule has 0 N–H and O–H groups in total. The van der Waals surface area contributed by atoms with E-state index in [2.05, 4.69) is 11.3 Å². The third-order valence-corrected chi connectivity index (χ3v) is 8.49. The van der Waals surface area contributed by atoms with Crippen molar-refractivity contribution in [3.63, 3.8) is 0 Å². The molecule has 3 aromatic rings. The second-order valence-corrected chi connectivity index (χ2v) is 11.8. The molecule has 0 aromatic heterocycles. The molecule has 0 amide bonds. The molecule has 5 rings (SSSR count). The molecule has 0 heterocycles. The molecule has 1 fully saturated rings. The Hall–Kier alpha value is -4.80. The van der Waals surface area contributed by atoms with E-state index in [0.717, 1.165) is 87.1 Å². The van der Waals surface area contributed by atoms with E-state index in [0.29, 0.717) is 36.0 Å². The fourth-order valence-electron chi connectivity index (χ4n) is 6.25. The summed E-state index contributed by atoms with van der Waals surface area (Å²) in [5, 5.41) is 0. The van der Waals surface area contributed by atoms with E-state index in [1.807, 2.05) is 0 Å². The Morgan fingerprint density at radius 3 is 1.67 bits per heavy atom. The van der Waals surface area contributed by atoms with Crippen molar-refractivity contribution in [2.45, 2.75) is 76.0 Å². The van der Waals surface area contributed by atoms with Crippen LogP contribution in [0.5, 0.6) is 23.0 Å². The van der Waals surface area contributed by atoms with Gasteiger partial charge in [-0.3, -0.25) is 0 Å². The van der Waals surface area contributed by atoms with Gasteiger partial charge in [-0.05, 0) is 105 Å². The quantitative estimate of drug-likeness (QED) is 0.0648. The van der Waals surface area contributed by atoms with Gasteiger partial charge in [0.15, 0.2) is 0 Å². The van der Waals surface area contributed by atoms with Gasteiger partial charge in [-0.1, -0.05) is 32.3 Å². The molecular formula is C37H37F3O8. The van der Waals surface area contributed by atoms with Crippen LogP contribution in [0.15, 0.2) is 73.3 Å². The van der Waals surface area contributed by atoms with Crippen LogP contribution in [-0.2, 0) is 9.53 Å². The zero-order valence-corrected chi connectivity index (χ0v) is 26.4. The first-order chi connectivity index (χ1) is 23.1. The van der Waals surface area contributed by atoms with Crippen LogP contribution in [-0.4, -0.2) is 37.5 Å². The van der Waals surface area contributed by atoms with Crippen LogP contribution in [0, 0.1) is 0 Å². The fourth-order valence-corrected chi connectivity index (χ4v) is 6.25. The normalized spacial score (nSPS) is 16.1. The van der Waals surface area contributed by atoms with E-state index < -0.39 is 30.0 Å². The zero-order chi connectivity index (χ0) is 34.1. The summed E-state index contributed by atoms with van der Waals surface area (Å²) < 4.78 is 63.6. The number of alkyl halides is 3. The number of carbonyl (C=O) groups is 3. The lowest BCUT2D eigenvalue weighted by Gasteiger charge is -2.21. The number of rotatable bonds is 16. The third kappa shape index (κ3) is 9.17. The van der Waals surface area contributed by atoms with E-state index in [-0.39, 0.29) is 17.4 Å². The van der Waals surface area contributed by atoms with E-state index in [1.54, 1.807) is 36.4 Å². The summed E-state index contributed by atoms with van der Waals surface area (Å²) in [5.74, 6) is -0.308.